The number of fused-ring (bicyclic) bond motifs is 7. The van der Waals surface area contributed by atoms with E-state index in [1.807, 2.05) is 0 Å². The molecular weight excluding hydrogens is 471 g/mol. The molecule has 3 aromatic rings. The lowest BCUT2D eigenvalue weighted by Gasteiger charge is -2.34. The van der Waals surface area contributed by atoms with Crippen molar-refractivity contribution in [3.63, 3.8) is 0 Å². The summed E-state index contributed by atoms with van der Waals surface area (Å²) in [6.45, 7) is 0. The van der Waals surface area contributed by atoms with Crippen LogP contribution in [0.2, 0.25) is 5.02 Å². The summed E-state index contributed by atoms with van der Waals surface area (Å²) < 4.78 is 67.3. The zero-order valence-corrected chi connectivity index (χ0v) is 17.7. The summed E-state index contributed by atoms with van der Waals surface area (Å²) in [6.07, 6.45) is -2.52. The van der Waals surface area contributed by atoms with Crippen LogP contribution in [-0.4, -0.2) is 40.7 Å². The minimum atomic E-state index is -4.69. The number of hydrogen-bond donors (Lipinski definition) is 1. The highest BCUT2D eigenvalue weighted by atomic mass is 35.5. The highest BCUT2D eigenvalue weighted by Gasteiger charge is 2.55. The number of aromatic nitrogens is 3. The molecule has 2 bridgehead atoms. The lowest BCUT2D eigenvalue weighted by molar-refractivity contribution is -0.141. The Bertz CT molecular complexity index is 1360. The molecule has 0 fully saturated rings. The van der Waals surface area contributed by atoms with Crippen LogP contribution in [0, 0.1) is 0 Å². The van der Waals surface area contributed by atoms with E-state index in [0.29, 0.717) is 39.7 Å². The predicted octanol–water partition coefficient (Wildman–Crippen LogP) is 3.68. The van der Waals surface area contributed by atoms with Crippen molar-refractivity contribution in [2.24, 2.45) is 5.16 Å². The zero-order chi connectivity index (χ0) is 22.8. The topological polar surface area (TPSA) is 101 Å². The number of nitrogens with one attached hydrogen (secondary N) is 1. The van der Waals surface area contributed by atoms with Gasteiger partial charge in [-0.25, -0.2) is 8.42 Å². The van der Waals surface area contributed by atoms with E-state index < -0.39 is 38.9 Å². The Labute approximate surface area is 184 Å². The molecular formula is C19H13ClF3N5O3S. The lowest BCUT2D eigenvalue weighted by atomic mass is 9.99. The fraction of sp³-hybridized carbons (Fsp3) is 0.211. The standard InChI is InChI=1S/C19H13ClF3N5O3S/c1-31-27-16-15-11(8-25-26-15)17-10-3-2-4-12(20)14(10)18(16)28(17)32(29,30)9-5-6-13(24-7-9)19(21,22)23/h2-8,17-18H,1H3,(H,25,26). The predicted molar refractivity (Wildman–Crippen MR) is 106 cm³/mol. The number of rotatable bonds is 3. The number of aromatic amines is 1. The van der Waals surface area contributed by atoms with E-state index in [4.69, 9.17) is 16.4 Å². The van der Waals surface area contributed by atoms with Crippen molar-refractivity contribution in [3.8, 4) is 0 Å². The minimum absolute atomic E-state index is 0.228. The van der Waals surface area contributed by atoms with Gasteiger partial charge in [0.05, 0.1) is 17.9 Å². The van der Waals surface area contributed by atoms with Gasteiger partial charge >= 0.3 is 6.18 Å². The van der Waals surface area contributed by atoms with Crippen LogP contribution in [0.15, 0.2) is 52.8 Å². The number of halogens is 4. The van der Waals surface area contributed by atoms with E-state index in [1.165, 1.54) is 13.3 Å². The number of oxime groups is 1. The molecule has 1 aromatic carbocycles. The van der Waals surface area contributed by atoms with Crippen LogP contribution < -0.4 is 0 Å². The van der Waals surface area contributed by atoms with E-state index in [9.17, 15) is 21.6 Å². The number of nitrogens with zero attached hydrogens (tertiary/aromatic N) is 4. The fourth-order valence-electron chi connectivity index (χ4n) is 4.19. The Hall–Kier alpha value is -2.96. The average molecular weight is 484 g/mol. The summed E-state index contributed by atoms with van der Waals surface area (Å²) in [4.78, 5) is 7.88. The first-order chi connectivity index (χ1) is 15.2. The maximum absolute atomic E-state index is 13.7. The Kier molecular flexibility index (Phi) is 4.59. The molecule has 2 aromatic heterocycles. The molecule has 8 nitrogen and oxygen atoms in total. The fourth-order valence-corrected chi connectivity index (χ4v) is 6.14. The van der Waals surface area contributed by atoms with E-state index in [-0.39, 0.29) is 5.71 Å². The molecule has 0 amide bonds. The number of alkyl halides is 3. The Balaban J connectivity index is 1.73. The van der Waals surface area contributed by atoms with Crippen molar-refractivity contribution in [2.45, 2.75) is 23.2 Å². The second-order valence-corrected chi connectivity index (χ2v) is 9.37. The van der Waals surface area contributed by atoms with Gasteiger partial charge in [0.1, 0.15) is 29.5 Å². The van der Waals surface area contributed by atoms with Crippen LogP contribution in [-0.2, 0) is 21.0 Å². The van der Waals surface area contributed by atoms with Crippen LogP contribution in [0.25, 0.3) is 0 Å². The van der Waals surface area contributed by atoms with Gasteiger partial charge in [0, 0.05) is 22.3 Å². The molecule has 0 saturated carbocycles. The minimum Gasteiger partial charge on any atom is -0.399 e. The van der Waals surface area contributed by atoms with Gasteiger partial charge in [0.2, 0.25) is 10.0 Å². The van der Waals surface area contributed by atoms with Crippen LogP contribution in [0.4, 0.5) is 13.2 Å². The number of benzene rings is 1. The lowest BCUT2D eigenvalue weighted by Crippen LogP contribution is -2.41. The van der Waals surface area contributed by atoms with Crippen LogP contribution in [0.1, 0.15) is 40.2 Å². The van der Waals surface area contributed by atoms with Gasteiger partial charge in [-0.3, -0.25) is 10.1 Å². The smallest absolute Gasteiger partial charge is 0.399 e. The summed E-state index contributed by atoms with van der Waals surface area (Å²) in [6, 6.07) is 4.78. The molecule has 166 valence electrons. The molecule has 13 heteroatoms. The monoisotopic (exact) mass is 483 g/mol. The molecule has 2 atom stereocenters. The molecule has 0 spiro atoms. The van der Waals surface area contributed by atoms with E-state index in [2.05, 4.69) is 20.3 Å². The highest BCUT2D eigenvalue weighted by Crippen LogP contribution is 2.55. The number of sulfonamides is 1. The highest BCUT2D eigenvalue weighted by molar-refractivity contribution is 7.89. The molecule has 0 aliphatic carbocycles. The van der Waals surface area contributed by atoms with Gasteiger partial charge in [-0.05, 0) is 23.8 Å². The van der Waals surface area contributed by atoms with Crippen molar-refractivity contribution >= 4 is 27.3 Å². The summed E-state index contributed by atoms with van der Waals surface area (Å²) in [5, 5.41) is 11.2. The van der Waals surface area contributed by atoms with Gasteiger partial charge in [-0.2, -0.15) is 22.6 Å². The number of H-pyrrole nitrogens is 1. The Morgan fingerprint density at radius 3 is 2.59 bits per heavy atom. The molecule has 32 heavy (non-hydrogen) atoms. The van der Waals surface area contributed by atoms with Gasteiger partial charge in [0.25, 0.3) is 0 Å². The Morgan fingerprint density at radius 1 is 1.16 bits per heavy atom. The second kappa shape index (κ2) is 7.02. The molecule has 0 saturated heterocycles. The van der Waals surface area contributed by atoms with Crippen LogP contribution in [0.5, 0.6) is 0 Å². The first-order valence-corrected chi connectivity index (χ1v) is 11.0. The summed E-state index contributed by atoms with van der Waals surface area (Å²) in [7, 11) is -3.03. The van der Waals surface area contributed by atoms with Crippen LogP contribution in [0.3, 0.4) is 0 Å². The first-order valence-electron chi connectivity index (χ1n) is 9.16. The van der Waals surface area contributed by atoms with Gasteiger partial charge in [-0.1, -0.05) is 28.9 Å². The molecule has 2 aliphatic rings. The summed E-state index contributed by atoms with van der Waals surface area (Å²) in [5.41, 5.74) is 1.18. The molecule has 0 radical (unpaired) electrons. The maximum atomic E-state index is 13.7. The van der Waals surface area contributed by atoms with Gasteiger partial charge < -0.3 is 4.84 Å². The van der Waals surface area contributed by atoms with Gasteiger partial charge in [0.15, 0.2) is 0 Å². The molecule has 2 aliphatic heterocycles. The zero-order valence-electron chi connectivity index (χ0n) is 16.1. The molecule has 2 unspecified atom stereocenters. The summed E-state index contributed by atoms with van der Waals surface area (Å²) in [5.74, 6) is 0. The van der Waals surface area contributed by atoms with Crippen molar-refractivity contribution in [2.75, 3.05) is 7.11 Å². The third-order valence-electron chi connectivity index (χ3n) is 5.43. The largest absolute Gasteiger partial charge is 0.433 e. The normalized spacial score (nSPS) is 21.5. The van der Waals surface area contributed by atoms with Crippen LogP contribution >= 0.6 is 11.6 Å². The maximum Gasteiger partial charge on any atom is 0.433 e. The average Bonchev–Trinajstić information content (AvgIpc) is 3.33. The molecule has 4 heterocycles. The first kappa shape index (κ1) is 20.9. The second-order valence-electron chi connectivity index (χ2n) is 7.12. The van der Waals surface area contributed by atoms with Crippen molar-refractivity contribution < 1.29 is 26.4 Å². The van der Waals surface area contributed by atoms with E-state index >= 15 is 0 Å². The quantitative estimate of drug-likeness (QED) is 0.573. The Morgan fingerprint density at radius 2 is 1.94 bits per heavy atom. The third-order valence-corrected chi connectivity index (χ3v) is 7.58. The van der Waals surface area contributed by atoms with Crippen molar-refractivity contribution in [1.82, 2.24) is 19.5 Å². The summed E-state index contributed by atoms with van der Waals surface area (Å²) >= 11 is 6.46. The third kappa shape index (κ3) is 2.86. The number of pyridine rings is 1. The number of hydrogen-bond acceptors (Lipinski definition) is 6. The van der Waals surface area contributed by atoms with Crippen molar-refractivity contribution in [3.05, 3.63) is 75.8 Å². The van der Waals surface area contributed by atoms with E-state index in [0.717, 1.165) is 10.4 Å². The van der Waals surface area contributed by atoms with E-state index in [1.54, 1.807) is 18.2 Å². The molecule has 1 N–H and O–H groups in total. The molecule has 5 rings (SSSR count). The SMILES string of the molecule is CON=C1c2[nH]ncc2C2c3cccc(Cl)c3C1N2S(=O)(=O)c1ccc(C(F)(F)F)nc1. The van der Waals surface area contributed by atoms with Crippen molar-refractivity contribution in [1.29, 1.82) is 0 Å². The van der Waals surface area contributed by atoms with Gasteiger partial charge in [-0.15, -0.1) is 0 Å².